The molecule has 0 spiro atoms. The van der Waals surface area contributed by atoms with Crippen LogP contribution >= 0.6 is 0 Å². The molecule has 3 rings (SSSR count). The number of nitrogens with one attached hydrogen (secondary N) is 2. The number of aliphatic imine (C=N–C) groups is 1. The van der Waals surface area contributed by atoms with Crippen molar-refractivity contribution in [3.05, 3.63) is 54.0 Å². The van der Waals surface area contributed by atoms with Gasteiger partial charge in [0, 0.05) is 37.6 Å². The van der Waals surface area contributed by atoms with E-state index in [4.69, 9.17) is 18.9 Å². The summed E-state index contributed by atoms with van der Waals surface area (Å²) in [5, 5.41) is 6.82. The van der Waals surface area contributed by atoms with Crippen molar-refractivity contribution in [1.82, 2.24) is 10.6 Å². The Kier molecular flexibility index (Phi) is 6.96. The van der Waals surface area contributed by atoms with Crippen LogP contribution in [0.2, 0.25) is 0 Å². The number of ether oxygens (including phenoxy) is 2. The molecule has 140 valence electrons. The molecule has 1 unspecified atom stereocenters. The second-order valence-electron chi connectivity index (χ2n) is 6.34. The molecule has 6 heteroatoms. The van der Waals surface area contributed by atoms with Crippen molar-refractivity contribution in [2.45, 2.75) is 19.4 Å². The zero-order chi connectivity index (χ0) is 18.0. The summed E-state index contributed by atoms with van der Waals surface area (Å²) >= 11 is 0. The molecule has 1 saturated heterocycles. The van der Waals surface area contributed by atoms with Gasteiger partial charge in [0.25, 0.3) is 0 Å². The van der Waals surface area contributed by atoms with Crippen LogP contribution in [-0.4, -0.2) is 39.4 Å². The molecular weight excluding hydrogens is 330 g/mol. The molecule has 1 aromatic heterocycles. The molecule has 1 fully saturated rings. The largest absolute Gasteiger partial charge is 0.496 e. The predicted octanol–water partition coefficient (Wildman–Crippen LogP) is 2.60. The third-order valence-electron chi connectivity index (χ3n) is 4.43. The van der Waals surface area contributed by atoms with Crippen LogP contribution in [0.25, 0.3) is 0 Å². The Bertz CT molecular complexity index is 679. The van der Waals surface area contributed by atoms with Crippen molar-refractivity contribution in [2.24, 2.45) is 10.9 Å². The fourth-order valence-electron chi connectivity index (χ4n) is 2.92. The minimum atomic E-state index is 0.540. The van der Waals surface area contributed by atoms with Gasteiger partial charge in [-0.15, -0.1) is 0 Å². The molecule has 2 aromatic rings. The fourth-order valence-corrected chi connectivity index (χ4v) is 2.92. The molecule has 6 nitrogen and oxygen atoms in total. The Morgan fingerprint density at radius 1 is 1.23 bits per heavy atom. The summed E-state index contributed by atoms with van der Waals surface area (Å²) in [6.07, 6.45) is 3.61. The maximum atomic E-state index is 5.45. The van der Waals surface area contributed by atoms with Gasteiger partial charge in [0.15, 0.2) is 5.96 Å². The van der Waals surface area contributed by atoms with E-state index in [1.807, 2.05) is 36.4 Å². The average molecular weight is 357 g/mol. The van der Waals surface area contributed by atoms with E-state index in [9.17, 15) is 0 Å². The SMILES string of the molecule is COc1ccccc1CN=C(NCCc1ccco1)NCC1CCOC1. The van der Waals surface area contributed by atoms with Crippen LogP contribution in [0.3, 0.4) is 0 Å². The van der Waals surface area contributed by atoms with Crippen LogP contribution in [0.4, 0.5) is 0 Å². The van der Waals surface area contributed by atoms with E-state index in [2.05, 4.69) is 10.6 Å². The topological polar surface area (TPSA) is 68.0 Å². The molecule has 0 amide bonds. The van der Waals surface area contributed by atoms with Gasteiger partial charge in [0.2, 0.25) is 0 Å². The van der Waals surface area contributed by atoms with Gasteiger partial charge in [0.05, 0.1) is 26.5 Å². The quantitative estimate of drug-likeness (QED) is 0.561. The molecule has 2 N–H and O–H groups in total. The van der Waals surface area contributed by atoms with Gasteiger partial charge < -0.3 is 24.5 Å². The summed E-state index contributed by atoms with van der Waals surface area (Å²) in [6.45, 7) is 3.84. The minimum absolute atomic E-state index is 0.540. The van der Waals surface area contributed by atoms with Crippen molar-refractivity contribution in [3.8, 4) is 5.75 Å². The van der Waals surface area contributed by atoms with Gasteiger partial charge in [-0.3, -0.25) is 0 Å². The average Bonchev–Trinajstić information content (AvgIpc) is 3.37. The molecular formula is C20H27N3O3. The first-order valence-corrected chi connectivity index (χ1v) is 9.09. The third kappa shape index (κ3) is 5.52. The Morgan fingerprint density at radius 3 is 2.92 bits per heavy atom. The molecule has 1 atom stereocenters. The van der Waals surface area contributed by atoms with Crippen LogP contribution in [-0.2, 0) is 17.7 Å². The molecule has 1 aliphatic rings. The highest BCUT2D eigenvalue weighted by Crippen LogP contribution is 2.18. The van der Waals surface area contributed by atoms with E-state index < -0.39 is 0 Å². The van der Waals surface area contributed by atoms with Crippen LogP contribution in [0.15, 0.2) is 52.1 Å². The van der Waals surface area contributed by atoms with Crippen LogP contribution in [0, 0.1) is 5.92 Å². The van der Waals surface area contributed by atoms with Gasteiger partial charge >= 0.3 is 0 Å². The smallest absolute Gasteiger partial charge is 0.191 e. The summed E-state index contributed by atoms with van der Waals surface area (Å²) in [4.78, 5) is 4.73. The molecule has 0 saturated carbocycles. The maximum absolute atomic E-state index is 5.45. The lowest BCUT2D eigenvalue weighted by Gasteiger charge is -2.15. The number of methoxy groups -OCH3 is 1. The van der Waals surface area contributed by atoms with Crippen LogP contribution in [0.1, 0.15) is 17.7 Å². The molecule has 2 heterocycles. The molecule has 0 radical (unpaired) electrons. The number of hydrogen-bond donors (Lipinski definition) is 2. The Morgan fingerprint density at radius 2 is 2.15 bits per heavy atom. The minimum Gasteiger partial charge on any atom is -0.496 e. The maximum Gasteiger partial charge on any atom is 0.191 e. The fraction of sp³-hybridized carbons (Fsp3) is 0.450. The van der Waals surface area contributed by atoms with Crippen molar-refractivity contribution in [1.29, 1.82) is 0 Å². The number of rotatable bonds is 8. The van der Waals surface area contributed by atoms with Crippen LogP contribution < -0.4 is 15.4 Å². The Balaban J connectivity index is 1.58. The zero-order valence-electron chi connectivity index (χ0n) is 15.2. The Hall–Kier alpha value is -2.47. The molecule has 26 heavy (non-hydrogen) atoms. The number of hydrogen-bond acceptors (Lipinski definition) is 4. The summed E-state index contributed by atoms with van der Waals surface area (Å²) in [6, 6.07) is 11.8. The van der Waals surface area contributed by atoms with Gasteiger partial charge in [-0.2, -0.15) is 0 Å². The zero-order valence-corrected chi connectivity index (χ0v) is 15.2. The standard InChI is InChI=1S/C20H27N3O3/c1-24-19-7-3-2-5-17(19)14-23-20(22-13-16-9-12-25-15-16)21-10-8-18-6-4-11-26-18/h2-7,11,16H,8-10,12-15H2,1H3,(H2,21,22,23). The molecule has 1 aliphatic heterocycles. The van der Waals surface area contributed by atoms with Gasteiger partial charge in [-0.1, -0.05) is 18.2 Å². The molecule has 1 aromatic carbocycles. The van der Waals surface area contributed by atoms with E-state index in [1.165, 1.54) is 0 Å². The summed E-state index contributed by atoms with van der Waals surface area (Å²) in [5.41, 5.74) is 1.06. The van der Waals surface area contributed by atoms with E-state index in [0.717, 1.165) is 62.2 Å². The lowest BCUT2D eigenvalue weighted by atomic mass is 10.1. The number of benzene rings is 1. The van der Waals surface area contributed by atoms with Crippen molar-refractivity contribution in [2.75, 3.05) is 33.4 Å². The number of nitrogens with zero attached hydrogens (tertiary/aromatic N) is 1. The van der Waals surface area contributed by atoms with E-state index in [0.29, 0.717) is 12.5 Å². The Labute approximate surface area is 154 Å². The van der Waals surface area contributed by atoms with E-state index >= 15 is 0 Å². The normalized spacial score (nSPS) is 17.3. The van der Waals surface area contributed by atoms with Gasteiger partial charge in [-0.05, 0) is 24.6 Å². The first-order chi connectivity index (χ1) is 12.8. The number of furan rings is 1. The highest BCUT2D eigenvalue weighted by Gasteiger charge is 2.15. The lowest BCUT2D eigenvalue weighted by Crippen LogP contribution is -2.40. The molecule has 0 aliphatic carbocycles. The van der Waals surface area contributed by atoms with Gasteiger partial charge in [-0.25, -0.2) is 4.99 Å². The van der Waals surface area contributed by atoms with Gasteiger partial charge in [0.1, 0.15) is 11.5 Å². The first kappa shape index (κ1) is 18.3. The second kappa shape index (κ2) is 9.87. The highest BCUT2D eigenvalue weighted by molar-refractivity contribution is 5.79. The van der Waals surface area contributed by atoms with Crippen molar-refractivity contribution in [3.63, 3.8) is 0 Å². The second-order valence-corrected chi connectivity index (χ2v) is 6.34. The summed E-state index contributed by atoms with van der Waals surface area (Å²) < 4.78 is 16.2. The lowest BCUT2D eigenvalue weighted by molar-refractivity contribution is 0.186. The van der Waals surface area contributed by atoms with E-state index in [-0.39, 0.29) is 0 Å². The number of para-hydroxylation sites is 1. The highest BCUT2D eigenvalue weighted by atomic mass is 16.5. The van der Waals surface area contributed by atoms with Crippen molar-refractivity contribution >= 4 is 5.96 Å². The van der Waals surface area contributed by atoms with Crippen LogP contribution in [0.5, 0.6) is 5.75 Å². The van der Waals surface area contributed by atoms with E-state index in [1.54, 1.807) is 13.4 Å². The van der Waals surface area contributed by atoms with Crippen molar-refractivity contribution < 1.29 is 13.9 Å². The predicted molar refractivity (Wildman–Crippen MR) is 101 cm³/mol. The monoisotopic (exact) mass is 357 g/mol. The first-order valence-electron chi connectivity index (χ1n) is 9.09. The third-order valence-corrected chi connectivity index (χ3v) is 4.43. The molecule has 0 bridgehead atoms. The summed E-state index contributed by atoms with van der Waals surface area (Å²) in [7, 11) is 1.68. The summed E-state index contributed by atoms with van der Waals surface area (Å²) in [5.74, 6) is 3.16. The number of guanidine groups is 1.